The maximum atomic E-state index is 10.9. The summed E-state index contributed by atoms with van der Waals surface area (Å²) in [5, 5.41) is 14.2. The topological polar surface area (TPSA) is 64.4 Å². The molecule has 0 aliphatic heterocycles. The molecule has 1 N–H and O–H groups in total. The molecule has 0 spiro atoms. The number of nitro groups is 1. The van der Waals surface area contributed by atoms with E-state index in [0.717, 1.165) is 25.7 Å². The van der Waals surface area contributed by atoms with Crippen molar-refractivity contribution in [3.8, 4) is 0 Å². The van der Waals surface area contributed by atoms with Crippen LogP contribution < -0.4 is 5.32 Å². The number of hydrogen-bond acceptors (Lipinski definition) is 4. The van der Waals surface area contributed by atoms with Gasteiger partial charge in [0.25, 0.3) is 5.69 Å². The minimum atomic E-state index is -0.348. The molecule has 1 aromatic rings. The molecule has 0 saturated heterocycles. The molecule has 1 aromatic carbocycles. The molecule has 1 fully saturated rings. The predicted octanol–water partition coefficient (Wildman–Crippen LogP) is 2.96. The van der Waals surface area contributed by atoms with Gasteiger partial charge < -0.3 is 10.1 Å². The number of benzene rings is 1. The third-order valence-corrected chi connectivity index (χ3v) is 3.42. The number of nitro benzene ring substituents is 1. The first kappa shape index (κ1) is 12.8. The van der Waals surface area contributed by atoms with Gasteiger partial charge >= 0.3 is 0 Å². The highest BCUT2D eigenvalue weighted by atomic mass is 16.6. The van der Waals surface area contributed by atoms with Crippen molar-refractivity contribution in [3.05, 3.63) is 34.4 Å². The second kappa shape index (κ2) is 5.82. The standard InChI is InChI=1S/C13H18N2O3/c1-18-11-6-4-5-10(9-11)14-12-7-2-3-8-13(12)15(16)17/h2-3,7-8,10-11,14H,4-6,9H2,1H3. The van der Waals surface area contributed by atoms with Crippen molar-refractivity contribution in [1.29, 1.82) is 0 Å². The summed E-state index contributed by atoms with van der Waals surface area (Å²) in [5.41, 5.74) is 0.737. The van der Waals surface area contributed by atoms with Crippen molar-refractivity contribution in [3.63, 3.8) is 0 Å². The van der Waals surface area contributed by atoms with Crippen molar-refractivity contribution < 1.29 is 9.66 Å². The van der Waals surface area contributed by atoms with E-state index in [1.807, 2.05) is 6.07 Å². The summed E-state index contributed by atoms with van der Waals surface area (Å²) in [5.74, 6) is 0. The van der Waals surface area contributed by atoms with Crippen LogP contribution in [-0.2, 0) is 4.74 Å². The maximum Gasteiger partial charge on any atom is 0.292 e. The Morgan fingerprint density at radius 3 is 2.89 bits per heavy atom. The normalized spacial score (nSPS) is 23.6. The molecule has 5 nitrogen and oxygen atoms in total. The maximum absolute atomic E-state index is 10.9. The van der Waals surface area contributed by atoms with E-state index in [9.17, 15) is 10.1 Å². The lowest BCUT2D eigenvalue weighted by molar-refractivity contribution is -0.384. The van der Waals surface area contributed by atoms with Crippen LogP contribution in [0.1, 0.15) is 25.7 Å². The van der Waals surface area contributed by atoms with Crippen molar-refractivity contribution in [2.24, 2.45) is 0 Å². The molecule has 1 aliphatic carbocycles. The second-order valence-corrected chi connectivity index (χ2v) is 4.64. The molecule has 0 heterocycles. The van der Waals surface area contributed by atoms with Gasteiger partial charge in [0.2, 0.25) is 0 Å². The van der Waals surface area contributed by atoms with E-state index in [0.29, 0.717) is 5.69 Å². The average molecular weight is 250 g/mol. The molecule has 2 atom stereocenters. The van der Waals surface area contributed by atoms with Gasteiger partial charge in [0, 0.05) is 19.2 Å². The number of ether oxygens (including phenoxy) is 1. The van der Waals surface area contributed by atoms with E-state index in [2.05, 4.69) is 5.32 Å². The lowest BCUT2D eigenvalue weighted by atomic mass is 9.92. The first-order valence-electron chi connectivity index (χ1n) is 6.23. The van der Waals surface area contributed by atoms with Gasteiger partial charge in [0.15, 0.2) is 0 Å². The van der Waals surface area contributed by atoms with Crippen LogP contribution in [0.25, 0.3) is 0 Å². The van der Waals surface area contributed by atoms with Crippen LogP contribution in [0.15, 0.2) is 24.3 Å². The summed E-state index contributed by atoms with van der Waals surface area (Å²) in [7, 11) is 1.72. The lowest BCUT2D eigenvalue weighted by Gasteiger charge is -2.29. The molecule has 2 unspecified atom stereocenters. The van der Waals surface area contributed by atoms with E-state index in [1.165, 1.54) is 6.07 Å². The van der Waals surface area contributed by atoms with Gasteiger partial charge in [0.1, 0.15) is 5.69 Å². The Morgan fingerprint density at radius 2 is 2.17 bits per heavy atom. The number of methoxy groups -OCH3 is 1. The van der Waals surface area contributed by atoms with Crippen LogP contribution in [0.3, 0.4) is 0 Å². The average Bonchev–Trinajstić information content (AvgIpc) is 2.39. The molecule has 1 aliphatic rings. The van der Waals surface area contributed by atoms with Crippen molar-refractivity contribution in [1.82, 2.24) is 0 Å². The molecular formula is C13H18N2O3. The fraction of sp³-hybridized carbons (Fsp3) is 0.538. The zero-order valence-electron chi connectivity index (χ0n) is 10.5. The highest BCUT2D eigenvalue weighted by Gasteiger charge is 2.23. The van der Waals surface area contributed by atoms with Crippen LogP contribution in [0.5, 0.6) is 0 Å². The highest BCUT2D eigenvalue weighted by molar-refractivity contribution is 5.61. The van der Waals surface area contributed by atoms with E-state index in [4.69, 9.17) is 4.74 Å². The van der Waals surface area contributed by atoms with E-state index in [1.54, 1.807) is 19.2 Å². The van der Waals surface area contributed by atoms with Crippen molar-refractivity contribution in [2.75, 3.05) is 12.4 Å². The van der Waals surface area contributed by atoms with Crippen LogP contribution >= 0.6 is 0 Å². The quantitative estimate of drug-likeness (QED) is 0.659. The van der Waals surface area contributed by atoms with Crippen LogP contribution in [0.2, 0.25) is 0 Å². The number of nitrogens with one attached hydrogen (secondary N) is 1. The summed E-state index contributed by atoms with van der Waals surface area (Å²) < 4.78 is 5.36. The SMILES string of the molecule is COC1CCCC(Nc2ccccc2[N+](=O)[O-])C1. The molecule has 2 rings (SSSR count). The Labute approximate surface area is 106 Å². The number of rotatable bonds is 4. The molecule has 0 aromatic heterocycles. The van der Waals surface area contributed by atoms with Gasteiger partial charge in [-0.05, 0) is 31.7 Å². The third kappa shape index (κ3) is 2.98. The highest BCUT2D eigenvalue weighted by Crippen LogP contribution is 2.28. The molecule has 0 bridgehead atoms. The fourth-order valence-corrected chi connectivity index (χ4v) is 2.46. The Morgan fingerprint density at radius 1 is 1.39 bits per heavy atom. The molecule has 1 saturated carbocycles. The number of para-hydroxylation sites is 2. The van der Waals surface area contributed by atoms with E-state index < -0.39 is 0 Å². The minimum Gasteiger partial charge on any atom is -0.381 e. The fourth-order valence-electron chi connectivity index (χ4n) is 2.46. The van der Waals surface area contributed by atoms with Gasteiger partial charge in [-0.2, -0.15) is 0 Å². The van der Waals surface area contributed by atoms with Gasteiger partial charge in [-0.3, -0.25) is 10.1 Å². The molecule has 18 heavy (non-hydrogen) atoms. The van der Waals surface area contributed by atoms with Gasteiger partial charge in [-0.1, -0.05) is 12.1 Å². The Kier molecular flexibility index (Phi) is 4.15. The summed E-state index contributed by atoms with van der Waals surface area (Å²) in [6.45, 7) is 0. The Hall–Kier alpha value is -1.62. The number of anilines is 1. The molecule has 98 valence electrons. The van der Waals surface area contributed by atoms with E-state index in [-0.39, 0.29) is 22.8 Å². The van der Waals surface area contributed by atoms with Crippen LogP contribution in [0.4, 0.5) is 11.4 Å². The van der Waals surface area contributed by atoms with Crippen molar-refractivity contribution in [2.45, 2.75) is 37.8 Å². The first-order valence-corrected chi connectivity index (χ1v) is 6.23. The zero-order chi connectivity index (χ0) is 13.0. The molecule has 0 radical (unpaired) electrons. The lowest BCUT2D eigenvalue weighted by Crippen LogP contribution is -2.31. The Bertz CT molecular complexity index is 422. The van der Waals surface area contributed by atoms with Gasteiger partial charge in [0.05, 0.1) is 11.0 Å². The summed E-state index contributed by atoms with van der Waals surface area (Å²) in [6, 6.07) is 7.03. The number of hydrogen-bond donors (Lipinski definition) is 1. The molecule has 0 amide bonds. The van der Waals surface area contributed by atoms with E-state index >= 15 is 0 Å². The van der Waals surface area contributed by atoms with Crippen LogP contribution in [0, 0.1) is 10.1 Å². The van der Waals surface area contributed by atoms with Crippen molar-refractivity contribution >= 4 is 11.4 Å². The predicted molar refractivity (Wildman–Crippen MR) is 69.8 cm³/mol. The summed E-state index contributed by atoms with van der Waals surface area (Å²) in [4.78, 5) is 10.6. The smallest absolute Gasteiger partial charge is 0.292 e. The minimum absolute atomic E-state index is 0.136. The molecular weight excluding hydrogens is 232 g/mol. The molecule has 5 heteroatoms. The first-order chi connectivity index (χ1) is 8.70. The summed E-state index contributed by atoms with van der Waals surface area (Å²) in [6.07, 6.45) is 4.37. The zero-order valence-corrected chi connectivity index (χ0v) is 10.5. The van der Waals surface area contributed by atoms with Gasteiger partial charge in [-0.15, -0.1) is 0 Å². The summed E-state index contributed by atoms with van der Waals surface area (Å²) >= 11 is 0. The van der Waals surface area contributed by atoms with Gasteiger partial charge in [-0.25, -0.2) is 0 Å². The largest absolute Gasteiger partial charge is 0.381 e. The van der Waals surface area contributed by atoms with Crippen LogP contribution in [-0.4, -0.2) is 24.2 Å². The number of nitrogens with zero attached hydrogens (tertiary/aromatic N) is 1. The Balaban J connectivity index is 2.07. The monoisotopic (exact) mass is 250 g/mol. The third-order valence-electron chi connectivity index (χ3n) is 3.42. The second-order valence-electron chi connectivity index (χ2n) is 4.64.